The maximum absolute atomic E-state index is 12.0. The Morgan fingerprint density at radius 3 is 2.71 bits per heavy atom. The highest BCUT2D eigenvalue weighted by molar-refractivity contribution is 5.99. The van der Waals surface area contributed by atoms with E-state index in [1.165, 1.54) is 28.7 Å². The van der Waals surface area contributed by atoms with Gasteiger partial charge in [0.1, 0.15) is 0 Å². The number of ether oxygens (including phenoxy) is 1. The summed E-state index contributed by atoms with van der Waals surface area (Å²) in [6.45, 7) is 1.83. The Bertz CT molecular complexity index is 793. The predicted octanol–water partition coefficient (Wildman–Crippen LogP) is 0.649. The number of nitrogens with zero attached hydrogens (tertiary/aromatic N) is 5. The van der Waals surface area contributed by atoms with E-state index in [9.17, 15) is 19.7 Å². The van der Waals surface area contributed by atoms with Gasteiger partial charge in [-0.25, -0.2) is 4.79 Å². The lowest BCUT2D eigenvalue weighted by Crippen LogP contribution is -2.17. The van der Waals surface area contributed by atoms with E-state index in [1.54, 1.807) is 14.0 Å². The van der Waals surface area contributed by atoms with Gasteiger partial charge >= 0.3 is 11.8 Å². The number of amides is 1. The second kappa shape index (κ2) is 6.89. The number of rotatable bonds is 6. The van der Waals surface area contributed by atoms with Gasteiger partial charge < -0.3 is 20.2 Å². The van der Waals surface area contributed by atoms with Crippen LogP contribution in [0.3, 0.4) is 0 Å². The van der Waals surface area contributed by atoms with Crippen LogP contribution in [0.15, 0.2) is 12.3 Å². The molecule has 0 spiro atoms. The molecule has 0 unspecified atom stereocenters. The van der Waals surface area contributed by atoms with E-state index in [0.717, 1.165) is 0 Å². The second-order valence-corrected chi connectivity index (χ2v) is 4.98. The van der Waals surface area contributed by atoms with Crippen molar-refractivity contribution in [3.63, 3.8) is 0 Å². The molecule has 11 heteroatoms. The minimum absolute atomic E-state index is 0.000687. The number of anilines is 1. The molecule has 2 aromatic rings. The number of hydrogen-bond donors (Lipinski definition) is 1. The molecule has 2 aromatic heterocycles. The van der Waals surface area contributed by atoms with Crippen LogP contribution >= 0.6 is 0 Å². The van der Waals surface area contributed by atoms with E-state index >= 15 is 0 Å². The molecule has 0 radical (unpaired) electrons. The molecule has 1 N–H and O–H groups in total. The smallest absolute Gasteiger partial charge is 0.390 e. The van der Waals surface area contributed by atoms with Crippen LogP contribution in [0.5, 0.6) is 0 Å². The molecule has 0 saturated heterocycles. The third-order valence-electron chi connectivity index (χ3n) is 3.19. The monoisotopic (exact) mass is 336 g/mol. The first-order valence-corrected chi connectivity index (χ1v) is 6.92. The number of carbonyl (C=O) groups is 2. The second-order valence-electron chi connectivity index (χ2n) is 4.98. The van der Waals surface area contributed by atoms with E-state index in [4.69, 9.17) is 0 Å². The fourth-order valence-corrected chi connectivity index (χ4v) is 2.06. The zero-order valence-electron chi connectivity index (χ0n) is 13.3. The van der Waals surface area contributed by atoms with E-state index in [0.29, 0.717) is 5.69 Å². The first kappa shape index (κ1) is 17.1. The average molecular weight is 336 g/mol. The van der Waals surface area contributed by atoms with Crippen molar-refractivity contribution in [1.82, 2.24) is 19.6 Å². The molecule has 2 rings (SSSR count). The molecule has 0 aromatic carbocycles. The normalized spacial score (nSPS) is 10.5. The third-order valence-corrected chi connectivity index (χ3v) is 3.19. The Morgan fingerprint density at radius 1 is 1.42 bits per heavy atom. The molecule has 0 fully saturated rings. The van der Waals surface area contributed by atoms with E-state index in [-0.39, 0.29) is 36.1 Å². The summed E-state index contributed by atoms with van der Waals surface area (Å²) in [4.78, 5) is 33.7. The van der Waals surface area contributed by atoms with Crippen molar-refractivity contribution in [3.05, 3.63) is 33.8 Å². The van der Waals surface area contributed by atoms with Crippen molar-refractivity contribution in [1.29, 1.82) is 0 Å². The highest BCUT2D eigenvalue weighted by Gasteiger charge is 2.19. The van der Waals surface area contributed by atoms with Gasteiger partial charge in [-0.3, -0.25) is 9.48 Å². The Balaban J connectivity index is 2.02. The fraction of sp³-hybridized carbons (Fsp3) is 0.385. The Kier molecular flexibility index (Phi) is 4.92. The van der Waals surface area contributed by atoms with E-state index < -0.39 is 10.9 Å². The zero-order valence-corrected chi connectivity index (χ0v) is 13.3. The number of esters is 1. The van der Waals surface area contributed by atoms with Crippen LogP contribution in [-0.4, -0.2) is 43.5 Å². The summed E-state index contributed by atoms with van der Waals surface area (Å²) < 4.78 is 7.35. The van der Waals surface area contributed by atoms with Gasteiger partial charge in [-0.15, -0.1) is 0 Å². The minimum atomic E-state index is -0.663. The molecule has 1 amide bonds. The van der Waals surface area contributed by atoms with Gasteiger partial charge in [0.15, 0.2) is 5.69 Å². The SMILES string of the molecule is COC(=O)c1nn(C)cc1NC(=O)CCn1nc([N+](=O)[O-])cc1C. The largest absolute Gasteiger partial charge is 0.464 e. The predicted molar refractivity (Wildman–Crippen MR) is 81.4 cm³/mol. The highest BCUT2D eigenvalue weighted by atomic mass is 16.6. The molecular formula is C13H16N6O5. The summed E-state index contributed by atoms with van der Waals surface area (Å²) in [6.07, 6.45) is 1.50. The number of aromatic nitrogens is 4. The van der Waals surface area contributed by atoms with Gasteiger partial charge in [0.05, 0.1) is 36.2 Å². The van der Waals surface area contributed by atoms with Crippen molar-refractivity contribution in [3.8, 4) is 0 Å². The lowest BCUT2D eigenvalue weighted by molar-refractivity contribution is -0.389. The summed E-state index contributed by atoms with van der Waals surface area (Å²) in [5, 5.41) is 21.0. The standard InChI is InChI=1S/C13H16N6O5/c1-8-6-10(19(22)23)15-18(8)5-4-11(20)14-9-7-17(2)16-12(9)13(21)24-3/h6-7H,4-5H2,1-3H3,(H,14,20). The van der Waals surface area contributed by atoms with Crippen molar-refractivity contribution in [2.24, 2.45) is 7.05 Å². The summed E-state index contributed by atoms with van der Waals surface area (Å²) in [6, 6.07) is 1.33. The van der Waals surface area contributed by atoms with Gasteiger partial charge in [0.2, 0.25) is 5.91 Å². The van der Waals surface area contributed by atoms with Gasteiger partial charge in [0.25, 0.3) is 0 Å². The van der Waals surface area contributed by atoms with Gasteiger partial charge in [-0.05, 0) is 11.8 Å². The van der Waals surface area contributed by atoms with E-state index in [1.807, 2.05) is 0 Å². The van der Waals surface area contributed by atoms with Crippen LogP contribution in [-0.2, 0) is 23.1 Å². The van der Waals surface area contributed by atoms with Crippen LogP contribution in [0.4, 0.5) is 11.5 Å². The maximum Gasteiger partial charge on any atom is 0.390 e. The van der Waals surface area contributed by atoms with Crippen molar-refractivity contribution in [2.45, 2.75) is 19.9 Å². The van der Waals surface area contributed by atoms with Gasteiger partial charge in [-0.2, -0.15) is 9.78 Å². The topological polar surface area (TPSA) is 134 Å². The van der Waals surface area contributed by atoms with E-state index in [2.05, 4.69) is 20.3 Å². The molecule has 0 saturated carbocycles. The number of nitro groups is 1. The highest BCUT2D eigenvalue weighted by Crippen LogP contribution is 2.15. The molecule has 11 nitrogen and oxygen atoms in total. The summed E-state index contributed by atoms with van der Waals surface area (Å²) in [5.74, 6) is -1.32. The van der Waals surface area contributed by atoms with Crippen LogP contribution in [0, 0.1) is 17.0 Å². The molecule has 128 valence electrons. The number of carbonyl (C=O) groups excluding carboxylic acids is 2. The lowest BCUT2D eigenvalue weighted by atomic mass is 10.3. The summed E-state index contributed by atoms with van der Waals surface area (Å²) in [5.41, 5.74) is 0.808. The third kappa shape index (κ3) is 3.74. The molecule has 0 bridgehead atoms. The molecule has 24 heavy (non-hydrogen) atoms. The van der Waals surface area contributed by atoms with Crippen LogP contribution in [0.1, 0.15) is 22.6 Å². The fourth-order valence-electron chi connectivity index (χ4n) is 2.06. The summed E-state index contributed by atoms with van der Waals surface area (Å²) in [7, 11) is 2.82. The van der Waals surface area contributed by atoms with Crippen LogP contribution in [0.2, 0.25) is 0 Å². The van der Waals surface area contributed by atoms with Crippen molar-refractivity contribution in [2.75, 3.05) is 12.4 Å². The summed E-state index contributed by atoms with van der Waals surface area (Å²) >= 11 is 0. The zero-order chi connectivity index (χ0) is 17.9. The van der Waals surface area contributed by atoms with Crippen molar-refractivity contribution < 1.29 is 19.2 Å². The molecule has 0 aliphatic rings. The minimum Gasteiger partial charge on any atom is -0.464 e. The van der Waals surface area contributed by atoms with Gasteiger partial charge in [0, 0.05) is 19.7 Å². The Morgan fingerprint density at radius 2 is 2.12 bits per heavy atom. The number of hydrogen-bond acceptors (Lipinski definition) is 7. The Labute approximate surface area is 136 Å². The molecular weight excluding hydrogens is 320 g/mol. The first-order valence-electron chi connectivity index (χ1n) is 6.92. The first-order chi connectivity index (χ1) is 11.3. The molecule has 2 heterocycles. The van der Waals surface area contributed by atoms with Crippen LogP contribution < -0.4 is 5.32 Å². The van der Waals surface area contributed by atoms with Crippen LogP contribution in [0.25, 0.3) is 0 Å². The maximum atomic E-state index is 12.0. The Hall–Kier alpha value is -3.24. The number of nitrogens with one attached hydrogen (secondary N) is 1. The molecule has 0 atom stereocenters. The lowest BCUT2D eigenvalue weighted by Gasteiger charge is -2.04. The number of aryl methyl sites for hydroxylation is 3. The van der Waals surface area contributed by atoms with Crippen molar-refractivity contribution >= 4 is 23.4 Å². The van der Waals surface area contributed by atoms with Gasteiger partial charge in [-0.1, -0.05) is 0 Å². The average Bonchev–Trinajstić information content (AvgIpc) is 3.07. The number of methoxy groups -OCH3 is 1. The molecule has 0 aliphatic carbocycles. The molecule has 0 aliphatic heterocycles. The quantitative estimate of drug-likeness (QED) is 0.465.